The molecule has 2 fully saturated rings. The zero-order valence-electron chi connectivity index (χ0n) is 15.4. The Hall–Kier alpha value is -1.56. The Kier molecular flexibility index (Phi) is 6.94. The first-order valence-corrected chi connectivity index (χ1v) is 10.8. The lowest BCUT2D eigenvalue weighted by Crippen LogP contribution is -2.50. The zero-order valence-corrected chi connectivity index (χ0v) is 16.2. The van der Waals surface area contributed by atoms with Gasteiger partial charge in [-0.2, -0.15) is 0 Å². The van der Waals surface area contributed by atoms with Crippen LogP contribution in [0.25, 0.3) is 0 Å². The van der Waals surface area contributed by atoms with Gasteiger partial charge in [-0.1, -0.05) is 38.5 Å². The van der Waals surface area contributed by atoms with Crippen LogP contribution in [0.5, 0.6) is 0 Å². The molecular formula is C20H30N2O3S. The number of carbonyl (C=O) groups excluding carboxylic acids is 1. The van der Waals surface area contributed by atoms with Crippen molar-refractivity contribution in [3.63, 3.8) is 0 Å². The highest BCUT2D eigenvalue weighted by Crippen LogP contribution is 2.31. The topological polar surface area (TPSA) is 69.6 Å². The highest BCUT2D eigenvalue weighted by Gasteiger charge is 2.32. The van der Waals surface area contributed by atoms with Crippen molar-refractivity contribution in [1.29, 1.82) is 0 Å². The maximum Gasteiger partial charge on any atom is 0.322 e. The monoisotopic (exact) mass is 378 g/mol. The molecule has 0 atom stereocenters. The molecule has 0 saturated heterocycles. The number of aliphatic carboxylic acids is 1. The molecule has 2 saturated carbocycles. The third kappa shape index (κ3) is 5.22. The van der Waals surface area contributed by atoms with E-state index in [4.69, 9.17) is 5.11 Å². The molecule has 6 heteroatoms. The van der Waals surface area contributed by atoms with Gasteiger partial charge < -0.3 is 10.0 Å². The lowest BCUT2D eigenvalue weighted by molar-refractivity contribution is -0.136. The largest absolute Gasteiger partial charge is 0.481 e. The number of nitrogens with one attached hydrogen (secondary N) is 1. The number of nitrogens with zero attached hydrogens (tertiary/aromatic N) is 1. The van der Waals surface area contributed by atoms with Crippen molar-refractivity contribution in [3.05, 3.63) is 17.0 Å². The molecule has 0 bridgehead atoms. The molecule has 0 spiro atoms. The maximum atomic E-state index is 13.1. The number of aryl methyl sites for hydroxylation is 1. The van der Waals surface area contributed by atoms with Gasteiger partial charge in [0.1, 0.15) is 0 Å². The first-order valence-electron chi connectivity index (χ1n) is 10.0. The summed E-state index contributed by atoms with van der Waals surface area (Å²) < 4.78 is 0. The van der Waals surface area contributed by atoms with Crippen molar-refractivity contribution in [1.82, 2.24) is 4.90 Å². The number of carboxylic acid groups (broad SMARTS) is 1. The molecule has 144 valence electrons. The molecule has 2 N–H and O–H groups in total. The number of hydrogen-bond donors (Lipinski definition) is 2. The molecule has 0 radical (unpaired) electrons. The Morgan fingerprint density at radius 1 is 1.00 bits per heavy atom. The van der Waals surface area contributed by atoms with Gasteiger partial charge in [0.25, 0.3) is 0 Å². The number of rotatable bonds is 6. The average Bonchev–Trinajstić information content (AvgIpc) is 3.09. The van der Waals surface area contributed by atoms with Crippen LogP contribution in [0.15, 0.2) is 12.1 Å². The van der Waals surface area contributed by atoms with Gasteiger partial charge in [-0.15, -0.1) is 11.3 Å². The Labute approximate surface area is 159 Å². The number of urea groups is 1. The summed E-state index contributed by atoms with van der Waals surface area (Å²) in [6.07, 6.45) is 12.6. The highest BCUT2D eigenvalue weighted by molar-refractivity contribution is 7.16. The van der Waals surface area contributed by atoms with E-state index in [1.165, 1.54) is 49.9 Å². The van der Waals surface area contributed by atoms with Gasteiger partial charge in [0.05, 0.1) is 11.4 Å². The van der Waals surface area contributed by atoms with Crippen LogP contribution in [0.2, 0.25) is 0 Å². The summed E-state index contributed by atoms with van der Waals surface area (Å²) in [6.45, 7) is 0. The Bertz CT molecular complexity index is 586. The maximum absolute atomic E-state index is 13.1. The van der Waals surface area contributed by atoms with Crippen molar-refractivity contribution in [2.45, 2.75) is 89.1 Å². The van der Waals surface area contributed by atoms with E-state index < -0.39 is 5.97 Å². The van der Waals surface area contributed by atoms with Crippen molar-refractivity contribution in [3.8, 4) is 0 Å². The second-order valence-electron chi connectivity index (χ2n) is 7.58. The van der Waals surface area contributed by atoms with Crippen LogP contribution in [-0.4, -0.2) is 34.1 Å². The van der Waals surface area contributed by atoms with Gasteiger partial charge in [0.2, 0.25) is 0 Å². The molecule has 2 aliphatic carbocycles. The van der Waals surface area contributed by atoms with Gasteiger partial charge in [-0.05, 0) is 44.2 Å². The molecule has 1 heterocycles. The second kappa shape index (κ2) is 9.40. The number of thiophene rings is 1. The van der Waals surface area contributed by atoms with Gasteiger partial charge >= 0.3 is 12.0 Å². The van der Waals surface area contributed by atoms with Crippen LogP contribution in [0, 0.1) is 0 Å². The lowest BCUT2D eigenvalue weighted by Gasteiger charge is -2.41. The number of hydrogen-bond acceptors (Lipinski definition) is 3. The zero-order chi connectivity index (χ0) is 18.4. The molecule has 2 amide bonds. The Balaban J connectivity index is 1.65. The fraction of sp³-hybridized carbons (Fsp3) is 0.700. The smallest absolute Gasteiger partial charge is 0.322 e. The number of amides is 2. The van der Waals surface area contributed by atoms with Crippen LogP contribution in [0.4, 0.5) is 9.80 Å². The molecule has 1 aromatic heterocycles. The molecule has 26 heavy (non-hydrogen) atoms. The van der Waals surface area contributed by atoms with Crippen molar-refractivity contribution >= 4 is 28.3 Å². The highest BCUT2D eigenvalue weighted by atomic mass is 32.1. The van der Waals surface area contributed by atoms with Crippen LogP contribution in [-0.2, 0) is 11.2 Å². The lowest BCUT2D eigenvalue weighted by atomic mass is 9.89. The summed E-state index contributed by atoms with van der Waals surface area (Å²) in [6, 6.07) is 4.61. The van der Waals surface area contributed by atoms with E-state index in [0.29, 0.717) is 18.5 Å². The molecule has 0 aromatic carbocycles. The summed E-state index contributed by atoms with van der Waals surface area (Å²) in [5, 5.41) is 12.7. The van der Waals surface area contributed by atoms with E-state index in [9.17, 15) is 9.59 Å². The van der Waals surface area contributed by atoms with Crippen LogP contribution >= 0.6 is 11.3 Å². The molecular weight excluding hydrogens is 348 g/mol. The van der Waals surface area contributed by atoms with Gasteiger partial charge in [-0.3, -0.25) is 10.1 Å². The summed E-state index contributed by atoms with van der Waals surface area (Å²) >= 11 is 1.49. The van der Waals surface area contributed by atoms with Crippen LogP contribution in [0.3, 0.4) is 0 Å². The molecule has 3 rings (SSSR count). The minimum absolute atomic E-state index is 0.0374. The molecule has 1 aromatic rings. The normalized spacial score (nSPS) is 19.2. The van der Waals surface area contributed by atoms with E-state index in [-0.39, 0.29) is 12.5 Å². The third-order valence-electron chi connectivity index (χ3n) is 5.65. The summed E-state index contributed by atoms with van der Waals surface area (Å²) in [7, 11) is 0. The standard InChI is InChI=1S/C20H30N2O3S/c23-19(24)14-12-17-11-13-18(26-17)21-20(25)22(15-7-3-1-4-8-15)16-9-5-2-6-10-16/h11,13,15-16H,1-10,12,14H2,(H,21,25)(H,23,24). The third-order valence-corrected chi connectivity index (χ3v) is 6.71. The number of carbonyl (C=O) groups is 2. The van der Waals surface area contributed by atoms with E-state index in [1.54, 1.807) is 0 Å². The van der Waals surface area contributed by atoms with E-state index in [0.717, 1.165) is 35.6 Å². The van der Waals surface area contributed by atoms with Crippen molar-refractivity contribution in [2.75, 3.05) is 5.32 Å². The fourth-order valence-electron chi connectivity index (χ4n) is 4.33. The number of anilines is 1. The van der Waals surface area contributed by atoms with E-state index >= 15 is 0 Å². The minimum Gasteiger partial charge on any atom is -0.481 e. The predicted octanol–water partition coefficient (Wildman–Crippen LogP) is 5.26. The molecule has 0 aliphatic heterocycles. The number of carboxylic acids is 1. The summed E-state index contributed by atoms with van der Waals surface area (Å²) in [5.41, 5.74) is 0. The second-order valence-corrected chi connectivity index (χ2v) is 8.75. The Morgan fingerprint density at radius 3 is 2.12 bits per heavy atom. The van der Waals surface area contributed by atoms with Crippen molar-refractivity contribution < 1.29 is 14.7 Å². The summed E-state index contributed by atoms with van der Waals surface area (Å²) in [4.78, 5) is 27.0. The quantitative estimate of drug-likeness (QED) is 0.709. The van der Waals surface area contributed by atoms with Crippen molar-refractivity contribution in [2.24, 2.45) is 0 Å². The SMILES string of the molecule is O=C(O)CCc1ccc(NC(=O)N(C2CCCCC2)C2CCCCC2)s1. The molecule has 2 aliphatic rings. The van der Waals surface area contributed by atoms with Gasteiger partial charge in [-0.25, -0.2) is 4.79 Å². The Morgan fingerprint density at radius 2 is 1.58 bits per heavy atom. The molecule has 0 unspecified atom stereocenters. The summed E-state index contributed by atoms with van der Waals surface area (Å²) in [5.74, 6) is -0.787. The average molecular weight is 379 g/mol. The van der Waals surface area contributed by atoms with Gasteiger partial charge in [0.15, 0.2) is 0 Å². The van der Waals surface area contributed by atoms with Gasteiger partial charge in [0, 0.05) is 17.0 Å². The fourth-order valence-corrected chi connectivity index (χ4v) is 5.22. The van der Waals surface area contributed by atoms with Crippen LogP contribution in [0.1, 0.15) is 75.5 Å². The first-order chi connectivity index (χ1) is 12.6. The first kappa shape index (κ1) is 19.2. The predicted molar refractivity (Wildman–Crippen MR) is 105 cm³/mol. The van der Waals surface area contributed by atoms with E-state index in [1.807, 2.05) is 12.1 Å². The van der Waals surface area contributed by atoms with E-state index in [2.05, 4.69) is 10.2 Å². The van der Waals surface area contributed by atoms with Crippen LogP contribution < -0.4 is 5.32 Å². The molecule has 5 nitrogen and oxygen atoms in total. The minimum atomic E-state index is -0.787.